The first-order valence-electron chi connectivity index (χ1n) is 10.4. The summed E-state index contributed by atoms with van der Waals surface area (Å²) in [4.78, 5) is 13.4. The monoisotopic (exact) mass is 497 g/mol. The summed E-state index contributed by atoms with van der Waals surface area (Å²) in [6.07, 6.45) is 1.57. The van der Waals surface area contributed by atoms with Crippen LogP contribution in [-0.2, 0) is 24.8 Å². The van der Waals surface area contributed by atoms with Gasteiger partial charge in [-0.25, -0.2) is 34.3 Å². The van der Waals surface area contributed by atoms with Crippen molar-refractivity contribution in [2.24, 2.45) is 5.92 Å². The van der Waals surface area contributed by atoms with E-state index < -0.39 is 48.3 Å². The molecule has 0 aliphatic carbocycles. The van der Waals surface area contributed by atoms with Crippen LogP contribution in [0.2, 0.25) is 0 Å². The van der Waals surface area contributed by atoms with Gasteiger partial charge in [-0.05, 0) is 31.4 Å². The zero-order valence-corrected chi connectivity index (χ0v) is 19.3. The molecule has 2 saturated heterocycles. The molecule has 1 aromatic rings. The fourth-order valence-corrected chi connectivity index (χ4v) is 7.10. The van der Waals surface area contributed by atoms with Crippen molar-refractivity contribution in [1.82, 2.24) is 13.5 Å². The van der Waals surface area contributed by atoms with Gasteiger partial charge < -0.3 is 4.90 Å². The second-order valence-corrected chi connectivity index (χ2v) is 11.9. The molecule has 1 atom stereocenters. The molecule has 0 spiro atoms. The van der Waals surface area contributed by atoms with E-state index in [-0.39, 0.29) is 44.4 Å². The Morgan fingerprint density at radius 2 is 1.62 bits per heavy atom. The fourth-order valence-electron chi connectivity index (χ4n) is 4.04. The molecule has 0 aromatic heterocycles. The van der Waals surface area contributed by atoms with Gasteiger partial charge in [-0.15, -0.1) is 0 Å². The van der Waals surface area contributed by atoms with Gasteiger partial charge >= 0.3 is 0 Å². The van der Waals surface area contributed by atoms with E-state index in [4.69, 9.17) is 0 Å². The Labute approximate surface area is 186 Å². The molecule has 1 unspecified atom stereocenters. The topological polar surface area (TPSA) is 95.1 Å². The van der Waals surface area contributed by atoms with Gasteiger partial charge in [0.2, 0.25) is 26.0 Å². The van der Waals surface area contributed by atoms with Gasteiger partial charge in [0.05, 0.1) is 11.7 Å². The Kier molecular flexibility index (Phi) is 7.52. The van der Waals surface area contributed by atoms with Crippen LogP contribution >= 0.6 is 0 Å². The van der Waals surface area contributed by atoms with Gasteiger partial charge in [0, 0.05) is 39.3 Å². The molecule has 2 heterocycles. The molecule has 32 heavy (non-hydrogen) atoms. The van der Waals surface area contributed by atoms with E-state index in [1.54, 1.807) is 6.92 Å². The molecular weight excluding hydrogens is 471 g/mol. The predicted molar refractivity (Wildman–Crippen MR) is 110 cm³/mol. The first kappa shape index (κ1) is 24.9. The number of carbonyl (C=O) groups is 1. The van der Waals surface area contributed by atoms with Gasteiger partial charge in [-0.3, -0.25) is 4.79 Å². The van der Waals surface area contributed by atoms with E-state index in [1.807, 2.05) is 0 Å². The lowest BCUT2D eigenvalue weighted by Crippen LogP contribution is -2.54. The van der Waals surface area contributed by atoms with Crippen LogP contribution in [0.15, 0.2) is 17.0 Å². The molecule has 1 amide bonds. The molecule has 2 aliphatic rings. The number of sulfonamides is 2. The number of halogens is 3. The van der Waals surface area contributed by atoms with Crippen LogP contribution in [0.5, 0.6) is 0 Å². The molecule has 2 fully saturated rings. The minimum absolute atomic E-state index is 0.0188. The summed E-state index contributed by atoms with van der Waals surface area (Å²) >= 11 is 0. The average Bonchev–Trinajstić information content (AvgIpc) is 2.77. The van der Waals surface area contributed by atoms with E-state index in [2.05, 4.69) is 0 Å². The van der Waals surface area contributed by atoms with E-state index in [9.17, 15) is 34.8 Å². The molecule has 3 rings (SSSR count). The normalized spacial score (nSPS) is 21.6. The highest BCUT2D eigenvalue weighted by molar-refractivity contribution is 7.89. The average molecular weight is 498 g/mol. The third-order valence-corrected chi connectivity index (χ3v) is 9.72. The van der Waals surface area contributed by atoms with Crippen molar-refractivity contribution in [3.63, 3.8) is 0 Å². The molecule has 0 radical (unpaired) electrons. The first-order valence-corrected chi connectivity index (χ1v) is 13.4. The van der Waals surface area contributed by atoms with Crippen molar-refractivity contribution in [2.45, 2.75) is 31.1 Å². The van der Waals surface area contributed by atoms with Crippen molar-refractivity contribution >= 4 is 26.0 Å². The second kappa shape index (κ2) is 9.65. The highest BCUT2D eigenvalue weighted by Gasteiger charge is 2.37. The maximum atomic E-state index is 14.0. The van der Waals surface area contributed by atoms with Gasteiger partial charge in [-0.2, -0.15) is 4.31 Å². The van der Waals surface area contributed by atoms with Crippen LogP contribution in [0, 0.1) is 23.4 Å². The smallest absolute Gasteiger partial charge is 0.246 e. The van der Waals surface area contributed by atoms with Gasteiger partial charge in [-0.1, -0.05) is 6.92 Å². The van der Waals surface area contributed by atoms with Crippen molar-refractivity contribution in [2.75, 3.05) is 45.0 Å². The zero-order valence-electron chi connectivity index (χ0n) is 17.6. The van der Waals surface area contributed by atoms with Crippen molar-refractivity contribution in [3.05, 3.63) is 29.6 Å². The summed E-state index contributed by atoms with van der Waals surface area (Å²) in [5.41, 5.74) is 0. The molecular formula is C19H26F3N3O5S2. The summed E-state index contributed by atoms with van der Waals surface area (Å²) in [5, 5.41) is 0. The highest BCUT2D eigenvalue weighted by Crippen LogP contribution is 2.26. The van der Waals surface area contributed by atoms with Crippen LogP contribution in [-0.4, -0.2) is 81.3 Å². The largest absolute Gasteiger partial charge is 0.340 e. The summed E-state index contributed by atoms with van der Waals surface area (Å²) in [7, 11) is -7.83. The van der Waals surface area contributed by atoms with Gasteiger partial charge in [0.1, 0.15) is 4.90 Å². The summed E-state index contributed by atoms with van der Waals surface area (Å²) < 4.78 is 93.0. The number of rotatable bonds is 6. The molecule has 13 heteroatoms. The van der Waals surface area contributed by atoms with Gasteiger partial charge in [0.25, 0.3) is 0 Å². The maximum absolute atomic E-state index is 14.0. The third-order valence-electron chi connectivity index (χ3n) is 5.76. The highest BCUT2D eigenvalue weighted by atomic mass is 32.2. The number of hydrogen-bond donors (Lipinski definition) is 0. The molecule has 8 nitrogen and oxygen atoms in total. The predicted octanol–water partition coefficient (Wildman–Crippen LogP) is 1.39. The number of hydrogen-bond acceptors (Lipinski definition) is 5. The number of carbonyl (C=O) groups excluding carboxylic acids is 1. The first-order chi connectivity index (χ1) is 15.0. The Hall–Kier alpha value is -1.70. The number of piperazine rings is 1. The van der Waals surface area contributed by atoms with Crippen LogP contribution in [0.25, 0.3) is 0 Å². The second-order valence-electron chi connectivity index (χ2n) is 7.92. The Morgan fingerprint density at radius 1 is 0.969 bits per heavy atom. The van der Waals surface area contributed by atoms with Crippen LogP contribution in [0.4, 0.5) is 13.2 Å². The minimum atomic E-state index is -4.41. The van der Waals surface area contributed by atoms with Crippen LogP contribution in [0.3, 0.4) is 0 Å². The third kappa shape index (κ3) is 4.95. The maximum Gasteiger partial charge on any atom is 0.246 e. The molecule has 1 aromatic carbocycles. The summed E-state index contributed by atoms with van der Waals surface area (Å²) in [6.45, 7) is 2.01. The number of benzene rings is 1. The Balaban J connectivity index is 1.65. The van der Waals surface area contributed by atoms with Crippen molar-refractivity contribution in [3.8, 4) is 0 Å². The SMILES string of the molecule is CCCS(=O)(=O)N1CCCC(C(=O)N2CCN(S(=O)(=O)c3ccc(F)c(F)c3F)CC2)C1. The van der Waals surface area contributed by atoms with E-state index in [0.717, 1.165) is 4.31 Å². The Bertz CT molecular complexity index is 1070. The quantitative estimate of drug-likeness (QED) is 0.554. The Morgan fingerprint density at radius 3 is 2.25 bits per heavy atom. The van der Waals surface area contributed by atoms with E-state index in [1.165, 1.54) is 9.21 Å². The van der Waals surface area contributed by atoms with E-state index >= 15 is 0 Å². The summed E-state index contributed by atoms with van der Waals surface area (Å²) in [5.74, 6) is -5.87. The fraction of sp³-hybridized carbons (Fsp3) is 0.632. The number of piperidine rings is 1. The lowest BCUT2D eigenvalue weighted by Gasteiger charge is -2.38. The van der Waals surface area contributed by atoms with E-state index in [0.29, 0.717) is 37.9 Å². The lowest BCUT2D eigenvalue weighted by molar-refractivity contribution is -0.137. The molecule has 180 valence electrons. The molecule has 0 saturated carbocycles. The molecule has 2 aliphatic heterocycles. The van der Waals surface area contributed by atoms with Crippen molar-refractivity contribution in [1.29, 1.82) is 0 Å². The van der Waals surface area contributed by atoms with Crippen molar-refractivity contribution < 1.29 is 34.8 Å². The molecule has 0 N–H and O–H groups in total. The minimum Gasteiger partial charge on any atom is -0.340 e. The number of amides is 1. The van der Waals surface area contributed by atoms with Gasteiger partial charge in [0.15, 0.2) is 17.5 Å². The zero-order chi connectivity index (χ0) is 23.7. The van der Waals surface area contributed by atoms with Crippen LogP contribution in [0.1, 0.15) is 26.2 Å². The summed E-state index contributed by atoms with van der Waals surface area (Å²) in [6, 6.07) is 1.22. The molecule has 0 bridgehead atoms. The standard InChI is InChI=1S/C19H26F3N3O5S2/c1-2-12-31(27,28)25-7-3-4-14(13-25)19(26)23-8-10-24(11-9-23)32(29,30)16-6-5-15(20)17(21)18(16)22/h5-6,14H,2-4,7-13H2,1H3. The number of nitrogens with zero attached hydrogens (tertiary/aromatic N) is 3. The van der Waals surface area contributed by atoms with Crippen LogP contribution < -0.4 is 0 Å². The lowest BCUT2D eigenvalue weighted by atomic mass is 9.98.